The van der Waals surface area contributed by atoms with E-state index in [0.29, 0.717) is 25.7 Å². The first-order chi connectivity index (χ1) is 16.2. The number of hydrogen-bond donors (Lipinski definition) is 2. The first kappa shape index (κ1) is 26.3. The maximum atomic E-state index is 14.2. The topological polar surface area (TPSA) is 77.8 Å². The summed E-state index contributed by atoms with van der Waals surface area (Å²) in [5, 5.41) is 19.6. The van der Waals surface area contributed by atoms with Crippen molar-refractivity contribution in [3.63, 3.8) is 0 Å². The quantitative estimate of drug-likeness (QED) is 0.391. The molecule has 34 heavy (non-hydrogen) atoms. The lowest BCUT2D eigenvalue weighted by Gasteiger charge is -2.26. The van der Waals surface area contributed by atoms with E-state index in [0.717, 1.165) is 35.5 Å². The first-order valence-corrected chi connectivity index (χ1v) is 12.7. The number of amides is 1. The minimum absolute atomic E-state index is 0.0528. The van der Waals surface area contributed by atoms with Crippen LogP contribution in [-0.4, -0.2) is 51.6 Å². The highest BCUT2D eigenvalue weighted by atomic mass is 32.1. The van der Waals surface area contributed by atoms with E-state index in [1.807, 2.05) is 25.1 Å². The van der Waals surface area contributed by atoms with Crippen molar-refractivity contribution in [1.82, 2.24) is 4.90 Å². The SMILES string of the molecule is C[C@@H](CCCc1ccccc1)[C@H](O)CC[C@H]1CC(F)(F)C(=O)N1CCCc1ccc(C(=O)O)s1. The zero-order valence-electron chi connectivity index (χ0n) is 19.5. The summed E-state index contributed by atoms with van der Waals surface area (Å²) < 4.78 is 28.3. The van der Waals surface area contributed by atoms with Crippen LogP contribution in [0.5, 0.6) is 0 Å². The molecule has 0 unspecified atom stereocenters. The molecule has 2 N–H and O–H groups in total. The summed E-state index contributed by atoms with van der Waals surface area (Å²) in [7, 11) is 0. The molecule has 2 aromatic rings. The zero-order chi connectivity index (χ0) is 24.7. The van der Waals surface area contributed by atoms with Crippen molar-refractivity contribution >= 4 is 23.2 Å². The number of likely N-dealkylation sites (tertiary alicyclic amines) is 1. The lowest BCUT2D eigenvalue weighted by Crippen LogP contribution is -2.37. The fraction of sp³-hybridized carbons (Fsp3) is 0.538. The largest absolute Gasteiger partial charge is 0.477 e. The Hall–Kier alpha value is -2.32. The van der Waals surface area contributed by atoms with Crippen LogP contribution in [0.3, 0.4) is 0 Å². The molecule has 186 valence electrons. The molecule has 1 saturated heterocycles. The normalized spacial score (nSPS) is 19.4. The molecule has 0 spiro atoms. The van der Waals surface area contributed by atoms with Crippen LogP contribution in [0.25, 0.3) is 0 Å². The molecule has 3 atom stereocenters. The van der Waals surface area contributed by atoms with Gasteiger partial charge in [-0.1, -0.05) is 37.3 Å². The number of aromatic carboxylic acids is 1. The third kappa shape index (κ3) is 7.09. The number of halogens is 2. The van der Waals surface area contributed by atoms with E-state index in [1.165, 1.54) is 16.5 Å². The van der Waals surface area contributed by atoms with Gasteiger partial charge in [-0.15, -0.1) is 11.3 Å². The number of carbonyl (C=O) groups is 2. The lowest BCUT2D eigenvalue weighted by molar-refractivity contribution is -0.148. The van der Waals surface area contributed by atoms with Gasteiger partial charge >= 0.3 is 11.9 Å². The second kappa shape index (κ2) is 11.9. The van der Waals surface area contributed by atoms with E-state index in [2.05, 4.69) is 12.1 Å². The van der Waals surface area contributed by atoms with Crippen LogP contribution in [0.4, 0.5) is 8.78 Å². The molecule has 1 fully saturated rings. The van der Waals surface area contributed by atoms with Crippen molar-refractivity contribution in [3.05, 3.63) is 57.8 Å². The molecule has 0 bridgehead atoms. The molecule has 1 aliphatic heterocycles. The number of rotatable bonds is 13. The average Bonchev–Trinajstić information content (AvgIpc) is 3.36. The number of aryl methyl sites for hydroxylation is 2. The molecule has 0 aliphatic carbocycles. The van der Waals surface area contributed by atoms with Crippen molar-refractivity contribution in [2.75, 3.05) is 6.54 Å². The number of benzene rings is 1. The van der Waals surface area contributed by atoms with Crippen LogP contribution in [0.2, 0.25) is 0 Å². The molecule has 1 aromatic carbocycles. The van der Waals surface area contributed by atoms with E-state index < -0.39 is 36.4 Å². The van der Waals surface area contributed by atoms with Gasteiger partial charge in [-0.3, -0.25) is 4.79 Å². The van der Waals surface area contributed by atoms with Crippen molar-refractivity contribution in [2.45, 2.75) is 76.4 Å². The molecule has 5 nitrogen and oxygen atoms in total. The van der Waals surface area contributed by atoms with Crippen molar-refractivity contribution in [3.8, 4) is 0 Å². The van der Waals surface area contributed by atoms with E-state index in [1.54, 1.807) is 6.07 Å². The lowest BCUT2D eigenvalue weighted by atomic mass is 9.92. The molecule has 2 heterocycles. The van der Waals surface area contributed by atoms with Gasteiger partial charge in [0.2, 0.25) is 0 Å². The van der Waals surface area contributed by atoms with Crippen molar-refractivity contribution in [2.24, 2.45) is 5.92 Å². The van der Waals surface area contributed by atoms with Crippen molar-refractivity contribution in [1.29, 1.82) is 0 Å². The summed E-state index contributed by atoms with van der Waals surface area (Å²) >= 11 is 1.16. The Morgan fingerprint density at radius 1 is 1.15 bits per heavy atom. The Labute approximate surface area is 203 Å². The number of hydrogen-bond acceptors (Lipinski definition) is 4. The predicted molar refractivity (Wildman–Crippen MR) is 128 cm³/mol. The highest BCUT2D eigenvalue weighted by molar-refractivity contribution is 7.13. The minimum Gasteiger partial charge on any atom is -0.477 e. The monoisotopic (exact) mass is 493 g/mol. The van der Waals surface area contributed by atoms with E-state index in [4.69, 9.17) is 5.11 Å². The minimum atomic E-state index is -3.36. The predicted octanol–water partition coefficient (Wildman–Crippen LogP) is 5.42. The van der Waals surface area contributed by atoms with Crippen LogP contribution in [-0.2, 0) is 17.6 Å². The number of thiophene rings is 1. The molecule has 3 rings (SSSR count). The third-order valence-corrected chi connectivity index (χ3v) is 7.75. The van der Waals surface area contributed by atoms with Crippen LogP contribution in [0, 0.1) is 5.92 Å². The van der Waals surface area contributed by atoms with Gasteiger partial charge < -0.3 is 15.1 Å². The Kier molecular flexibility index (Phi) is 9.19. The summed E-state index contributed by atoms with van der Waals surface area (Å²) in [5.74, 6) is -5.44. The number of nitrogens with zero attached hydrogens (tertiary/aromatic N) is 1. The molecular weight excluding hydrogens is 460 g/mol. The molecule has 1 aliphatic rings. The second-order valence-electron chi connectivity index (χ2n) is 9.24. The fourth-order valence-corrected chi connectivity index (χ4v) is 5.46. The number of carbonyl (C=O) groups excluding carboxylic acids is 1. The van der Waals surface area contributed by atoms with Crippen molar-refractivity contribution < 1.29 is 28.6 Å². The highest BCUT2D eigenvalue weighted by Crippen LogP contribution is 2.36. The molecule has 0 saturated carbocycles. The third-order valence-electron chi connectivity index (χ3n) is 6.62. The second-order valence-corrected chi connectivity index (χ2v) is 10.4. The highest BCUT2D eigenvalue weighted by Gasteiger charge is 2.52. The Morgan fingerprint density at radius 3 is 2.56 bits per heavy atom. The summed E-state index contributed by atoms with van der Waals surface area (Å²) in [5.41, 5.74) is 1.26. The Bertz CT molecular complexity index is 949. The molecule has 1 amide bonds. The number of alkyl halides is 2. The van der Waals surface area contributed by atoms with Gasteiger partial charge in [0.1, 0.15) is 4.88 Å². The van der Waals surface area contributed by atoms with Crippen LogP contribution in [0.1, 0.15) is 65.6 Å². The van der Waals surface area contributed by atoms with E-state index >= 15 is 0 Å². The van der Waals surface area contributed by atoms with E-state index in [9.17, 15) is 23.5 Å². The average molecular weight is 494 g/mol. The number of carboxylic acids is 1. The standard InChI is InChI=1S/C26H33F2NO4S/c1-18(7-5-10-19-8-3-2-4-9-19)22(30)14-12-20-17-26(27,28)25(33)29(20)16-6-11-21-13-15-23(34-21)24(31)32/h2-4,8-9,13,15,18,20,22,30H,5-7,10-12,14,16-17H2,1H3,(H,31,32)/t18-,20-,22+/m0/s1. The summed E-state index contributed by atoms with van der Waals surface area (Å²) in [4.78, 5) is 25.6. The maximum Gasteiger partial charge on any atom is 0.345 e. The van der Waals surface area contributed by atoms with Gasteiger partial charge in [0, 0.05) is 23.9 Å². The van der Waals surface area contributed by atoms with Gasteiger partial charge in [0.25, 0.3) is 5.91 Å². The van der Waals surface area contributed by atoms with Gasteiger partial charge in [-0.05, 0) is 68.6 Å². The number of carboxylic acid groups (broad SMARTS) is 1. The zero-order valence-corrected chi connectivity index (χ0v) is 20.3. The summed E-state index contributed by atoms with van der Waals surface area (Å²) in [6.45, 7) is 2.18. The Balaban J connectivity index is 1.45. The smallest absolute Gasteiger partial charge is 0.345 e. The van der Waals surface area contributed by atoms with Gasteiger partial charge in [-0.2, -0.15) is 8.78 Å². The molecule has 0 radical (unpaired) electrons. The van der Waals surface area contributed by atoms with Gasteiger partial charge in [-0.25, -0.2) is 4.79 Å². The molecule has 1 aromatic heterocycles. The van der Waals surface area contributed by atoms with Crippen LogP contribution < -0.4 is 0 Å². The van der Waals surface area contributed by atoms with Crippen LogP contribution in [0.15, 0.2) is 42.5 Å². The van der Waals surface area contributed by atoms with E-state index in [-0.39, 0.29) is 17.3 Å². The molecular formula is C26H33F2NO4S. The summed E-state index contributed by atoms with van der Waals surface area (Å²) in [6, 6.07) is 12.8. The Morgan fingerprint density at radius 2 is 1.88 bits per heavy atom. The maximum absolute atomic E-state index is 14.2. The molecule has 8 heteroatoms. The van der Waals surface area contributed by atoms with Gasteiger partial charge in [0.15, 0.2) is 0 Å². The number of aliphatic hydroxyl groups is 1. The van der Waals surface area contributed by atoms with Crippen LogP contribution >= 0.6 is 11.3 Å². The number of aliphatic hydroxyl groups excluding tert-OH is 1. The fourth-order valence-electron chi connectivity index (χ4n) is 4.58. The first-order valence-electron chi connectivity index (χ1n) is 11.9. The van der Waals surface area contributed by atoms with Gasteiger partial charge in [0.05, 0.1) is 6.10 Å². The summed E-state index contributed by atoms with van der Waals surface area (Å²) in [6.07, 6.45) is 3.35.